The van der Waals surface area contributed by atoms with Gasteiger partial charge in [0.05, 0.1) is 12.5 Å². The Labute approximate surface area is 83.6 Å². The molecule has 0 radical (unpaired) electrons. The number of carbonyl (C=O) groups excluding carboxylic acids is 1. The molecule has 1 aliphatic rings. The Bertz CT molecular complexity index is 200. The number of carbonyl (C=O) groups is 1. The number of rotatable bonds is 1. The third kappa shape index (κ3) is 2.61. The van der Waals surface area contributed by atoms with E-state index in [9.17, 15) is 4.79 Å². The molecular formula is C9H17NO2S. The molecule has 1 aliphatic heterocycles. The van der Waals surface area contributed by atoms with Gasteiger partial charge in [-0.05, 0) is 5.41 Å². The number of nitrogens with one attached hydrogen (secondary N) is 1. The molecule has 1 saturated heterocycles. The lowest BCUT2D eigenvalue weighted by Gasteiger charge is -2.26. The normalized spacial score (nSPS) is 28.9. The third-order valence-corrected chi connectivity index (χ3v) is 3.76. The van der Waals surface area contributed by atoms with E-state index in [4.69, 9.17) is 0 Å². The third-order valence-electron chi connectivity index (χ3n) is 2.05. The van der Waals surface area contributed by atoms with Gasteiger partial charge in [-0.25, -0.2) is 0 Å². The van der Waals surface area contributed by atoms with E-state index in [0.29, 0.717) is 5.37 Å². The molecule has 0 aromatic carbocycles. The minimum Gasteiger partial charge on any atom is -0.468 e. The van der Waals surface area contributed by atoms with E-state index < -0.39 is 0 Å². The van der Waals surface area contributed by atoms with Crippen molar-refractivity contribution in [3.63, 3.8) is 0 Å². The molecule has 1 rings (SSSR count). The Morgan fingerprint density at radius 3 is 2.54 bits per heavy atom. The van der Waals surface area contributed by atoms with Gasteiger partial charge in [-0.1, -0.05) is 20.8 Å². The van der Waals surface area contributed by atoms with Gasteiger partial charge in [0.25, 0.3) is 0 Å². The first-order chi connectivity index (χ1) is 5.95. The van der Waals surface area contributed by atoms with Crippen molar-refractivity contribution < 1.29 is 9.53 Å². The molecule has 0 spiro atoms. The van der Waals surface area contributed by atoms with Gasteiger partial charge in [-0.3, -0.25) is 10.1 Å². The van der Waals surface area contributed by atoms with E-state index in [2.05, 4.69) is 30.8 Å². The fraction of sp³-hybridized carbons (Fsp3) is 0.889. The highest BCUT2D eigenvalue weighted by Crippen LogP contribution is 2.33. The van der Waals surface area contributed by atoms with Crippen LogP contribution in [0, 0.1) is 5.41 Å². The zero-order chi connectivity index (χ0) is 10.1. The summed E-state index contributed by atoms with van der Waals surface area (Å²) in [6.45, 7) is 6.49. The molecular weight excluding hydrogens is 186 g/mol. The Kier molecular flexibility index (Phi) is 3.24. The molecule has 0 aliphatic carbocycles. The fourth-order valence-corrected chi connectivity index (χ4v) is 2.63. The Morgan fingerprint density at radius 1 is 1.54 bits per heavy atom. The summed E-state index contributed by atoms with van der Waals surface area (Å²) >= 11 is 1.79. The van der Waals surface area contributed by atoms with Crippen LogP contribution in [0.3, 0.4) is 0 Å². The first-order valence-corrected chi connectivity index (χ1v) is 5.45. The second-order valence-electron chi connectivity index (χ2n) is 4.32. The predicted molar refractivity (Wildman–Crippen MR) is 54.6 cm³/mol. The molecule has 0 bridgehead atoms. The number of esters is 1. The quantitative estimate of drug-likeness (QED) is 0.651. The van der Waals surface area contributed by atoms with Crippen molar-refractivity contribution in [3.05, 3.63) is 0 Å². The number of hydrogen-bond donors (Lipinski definition) is 1. The highest BCUT2D eigenvalue weighted by atomic mass is 32.2. The molecule has 1 fully saturated rings. The smallest absolute Gasteiger partial charge is 0.323 e. The lowest BCUT2D eigenvalue weighted by atomic mass is 9.96. The molecule has 0 saturated carbocycles. The summed E-state index contributed by atoms with van der Waals surface area (Å²) in [6.07, 6.45) is 0. The number of thioether (sulfide) groups is 1. The monoisotopic (exact) mass is 203 g/mol. The molecule has 1 N–H and O–H groups in total. The summed E-state index contributed by atoms with van der Waals surface area (Å²) in [4.78, 5) is 11.2. The summed E-state index contributed by atoms with van der Waals surface area (Å²) in [5.74, 6) is 0.661. The molecule has 4 heteroatoms. The average molecular weight is 203 g/mol. The Morgan fingerprint density at radius 2 is 2.15 bits per heavy atom. The zero-order valence-corrected chi connectivity index (χ0v) is 9.40. The Hall–Kier alpha value is -0.220. The molecule has 1 unspecified atom stereocenters. The molecule has 0 aromatic heterocycles. The van der Waals surface area contributed by atoms with Crippen molar-refractivity contribution >= 4 is 17.7 Å². The number of methoxy groups -OCH3 is 1. The standard InChI is InChI=1S/C9H17NO2S/c1-9(2,3)8-10-6(5-13-8)7(11)12-4/h6,8,10H,5H2,1-4H3/t6?,8-/m1/s1. The zero-order valence-electron chi connectivity index (χ0n) is 8.59. The van der Waals surface area contributed by atoms with E-state index in [0.717, 1.165) is 5.75 Å². The second-order valence-corrected chi connectivity index (χ2v) is 5.46. The average Bonchev–Trinajstić information content (AvgIpc) is 2.50. The lowest BCUT2D eigenvalue weighted by molar-refractivity contribution is -0.142. The van der Waals surface area contributed by atoms with Gasteiger partial charge in [-0.2, -0.15) is 0 Å². The van der Waals surface area contributed by atoms with Crippen LogP contribution in [-0.4, -0.2) is 30.2 Å². The minimum atomic E-state index is -0.153. The van der Waals surface area contributed by atoms with Gasteiger partial charge in [0.15, 0.2) is 0 Å². The lowest BCUT2D eigenvalue weighted by Crippen LogP contribution is -2.42. The highest BCUT2D eigenvalue weighted by Gasteiger charge is 2.36. The van der Waals surface area contributed by atoms with E-state index in [1.54, 1.807) is 11.8 Å². The van der Waals surface area contributed by atoms with Gasteiger partial charge < -0.3 is 4.74 Å². The first kappa shape index (κ1) is 10.9. The van der Waals surface area contributed by atoms with Gasteiger partial charge in [0.2, 0.25) is 0 Å². The van der Waals surface area contributed by atoms with Crippen molar-refractivity contribution in [1.29, 1.82) is 0 Å². The van der Waals surface area contributed by atoms with Crippen molar-refractivity contribution in [2.24, 2.45) is 5.41 Å². The van der Waals surface area contributed by atoms with E-state index in [1.165, 1.54) is 7.11 Å². The van der Waals surface area contributed by atoms with Crippen LogP contribution in [0.1, 0.15) is 20.8 Å². The van der Waals surface area contributed by atoms with Crippen molar-refractivity contribution in [2.45, 2.75) is 32.2 Å². The van der Waals surface area contributed by atoms with Crippen molar-refractivity contribution in [2.75, 3.05) is 12.9 Å². The summed E-state index contributed by atoms with van der Waals surface area (Å²) in [5.41, 5.74) is 0.188. The molecule has 0 aromatic rings. The maximum absolute atomic E-state index is 11.2. The molecule has 1 heterocycles. The van der Waals surface area contributed by atoms with Crippen LogP contribution in [0.5, 0.6) is 0 Å². The van der Waals surface area contributed by atoms with Crippen molar-refractivity contribution in [1.82, 2.24) is 5.32 Å². The summed E-state index contributed by atoms with van der Waals surface area (Å²) in [6, 6.07) is -0.126. The van der Waals surface area contributed by atoms with Crippen LogP contribution in [0.2, 0.25) is 0 Å². The van der Waals surface area contributed by atoms with Gasteiger partial charge >= 0.3 is 5.97 Å². The van der Waals surface area contributed by atoms with E-state index in [-0.39, 0.29) is 17.4 Å². The molecule has 3 nitrogen and oxygen atoms in total. The van der Waals surface area contributed by atoms with Gasteiger partial charge in [0.1, 0.15) is 6.04 Å². The van der Waals surface area contributed by atoms with Gasteiger partial charge in [0, 0.05) is 5.75 Å². The van der Waals surface area contributed by atoms with Crippen molar-refractivity contribution in [3.8, 4) is 0 Å². The molecule has 2 atom stereocenters. The predicted octanol–water partition coefficient (Wildman–Crippen LogP) is 1.24. The van der Waals surface area contributed by atoms with Crippen LogP contribution in [0.25, 0.3) is 0 Å². The van der Waals surface area contributed by atoms with Crippen LogP contribution >= 0.6 is 11.8 Å². The fourth-order valence-electron chi connectivity index (χ4n) is 1.25. The molecule has 13 heavy (non-hydrogen) atoms. The molecule has 0 amide bonds. The van der Waals surface area contributed by atoms with Gasteiger partial charge in [-0.15, -0.1) is 11.8 Å². The summed E-state index contributed by atoms with van der Waals surface area (Å²) in [5, 5.41) is 3.61. The SMILES string of the molecule is COC(=O)C1CS[C@H](C(C)(C)C)N1. The van der Waals surface area contributed by atoms with E-state index in [1.807, 2.05) is 0 Å². The van der Waals surface area contributed by atoms with Crippen LogP contribution < -0.4 is 5.32 Å². The van der Waals surface area contributed by atoms with E-state index >= 15 is 0 Å². The Balaban J connectivity index is 2.50. The first-order valence-electron chi connectivity index (χ1n) is 4.40. The van der Waals surface area contributed by atoms with Crippen LogP contribution in [0.15, 0.2) is 0 Å². The number of ether oxygens (including phenoxy) is 1. The molecule has 76 valence electrons. The second kappa shape index (κ2) is 3.88. The highest BCUT2D eigenvalue weighted by molar-refractivity contribution is 8.00. The summed E-state index contributed by atoms with van der Waals surface area (Å²) < 4.78 is 4.68. The summed E-state index contributed by atoms with van der Waals surface area (Å²) in [7, 11) is 1.43. The maximum Gasteiger partial charge on any atom is 0.323 e. The maximum atomic E-state index is 11.2. The van der Waals surface area contributed by atoms with Crippen LogP contribution in [-0.2, 0) is 9.53 Å². The minimum absolute atomic E-state index is 0.126. The van der Waals surface area contributed by atoms with Crippen LogP contribution in [0.4, 0.5) is 0 Å². The number of hydrogen-bond acceptors (Lipinski definition) is 4. The topological polar surface area (TPSA) is 38.3 Å². The largest absolute Gasteiger partial charge is 0.468 e.